The number of hydrogen-bond acceptors (Lipinski definition) is 4. The van der Waals surface area contributed by atoms with Crippen LogP contribution in [0.4, 0.5) is 5.69 Å². The first-order valence-corrected chi connectivity index (χ1v) is 14.9. The van der Waals surface area contributed by atoms with E-state index in [1.165, 1.54) is 11.9 Å². The average molecular weight is 570 g/mol. The Balaban J connectivity index is 1.77. The number of amides is 2. The first kappa shape index (κ1) is 29.6. The smallest absolute Gasteiger partial charge is 0.264 e. The molecule has 1 atom stereocenters. The van der Waals surface area contributed by atoms with Crippen LogP contribution in [0.3, 0.4) is 0 Å². The predicted octanol–water partition coefficient (Wildman–Crippen LogP) is 4.88. The van der Waals surface area contributed by atoms with Gasteiger partial charge in [0.15, 0.2) is 0 Å². The quantitative estimate of drug-likeness (QED) is 0.279. The Bertz CT molecular complexity index is 1560. The Kier molecular flexibility index (Phi) is 9.57. The third-order valence-corrected chi connectivity index (χ3v) is 8.71. The highest BCUT2D eigenvalue weighted by Crippen LogP contribution is 2.25. The third kappa shape index (κ3) is 7.41. The maximum absolute atomic E-state index is 14.2. The second kappa shape index (κ2) is 13.3. The Hall–Kier alpha value is -4.43. The van der Waals surface area contributed by atoms with Gasteiger partial charge in [-0.2, -0.15) is 0 Å². The van der Waals surface area contributed by atoms with Gasteiger partial charge in [-0.15, -0.1) is 0 Å². The van der Waals surface area contributed by atoms with Crippen LogP contribution >= 0.6 is 0 Å². The van der Waals surface area contributed by atoms with Crippen molar-refractivity contribution in [3.63, 3.8) is 0 Å². The number of carbonyl (C=O) groups excluding carboxylic acids is 2. The van der Waals surface area contributed by atoms with Gasteiger partial charge in [0.2, 0.25) is 11.8 Å². The molecule has 0 bridgehead atoms. The normalized spacial score (nSPS) is 11.9. The molecule has 0 aliphatic rings. The number of anilines is 1. The summed E-state index contributed by atoms with van der Waals surface area (Å²) in [6, 6.07) is 31.5. The molecular formula is C33H35N3O4S. The summed E-state index contributed by atoms with van der Waals surface area (Å²) in [5, 5.41) is 2.69. The SMILES string of the molecule is CNC(=O)[C@@H](Cc1ccccc1)N(Cc1ccccc1)C(=O)CN(c1ccc(C)cc1)S(=O)(=O)c1ccc(C)cc1. The van der Waals surface area contributed by atoms with Crippen molar-refractivity contribution in [2.75, 3.05) is 17.9 Å². The fourth-order valence-electron chi connectivity index (χ4n) is 4.58. The number of aryl methyl sites for hydroxylation is 2. The van der Waals surface area contributed by atoms with E-state index >= 15 is 0 Å². The number of likely N-dealkylation sites (N-methyl/N-ethyl adjacent to an activating group) is 1. The minimum atomic E-state index is -4.11. The van der Waals surface area contributed by atoms with E-state index in [0.29, 0.717) is 5.69 Å². The van der Waals surface area contributed by atoms with E-state index in [-0.39, 0.29) is 23.8 Å². The molecule has 41 heavy (non-hydrogen) atoms. The van der Waals surface area contributed by atoms with Gasteiger partial charge in [-0.3, -0.25) is 13.9 Å². The summed E-state index contributed by atoms with van der Waals surface area (Å²) < 4.78 is 29.1. The molecule has 0 radical (unpaired) electrons. The summed E-state index contributed by atoms with van der Waals surface area (Å²) in [7, 11) is -2.58. The van der Waals surface area contributed by atoms with Gasteiger partial charge in [-0.25, -0.2) is 8.42 Å². The van der Waals surface area contributed by atoms with Gasteiger partial charge in [0.25, 0.3) is 10.0 Å². The molecule has 0 saturated carbocycles. The van der Waals surface area contributed by atoms with Crippen molar-refractivity contribution in [1.29, 1.82) is 0 Å². The van der Waals surface area contributed by atoms with Crippen LogP contribution in [-0.4, -0.2) is 44.8 Å². The van der Waals surface area contributed by atoms with E-state index in [1.54, 1.807) is 36.4 Å². The summed E-state index contributed by atoms with van der Waals surface area (Å²) in [6.45, 7) is 3.45. The molecule has 0 spiro atoms. The lowest BCUT2D eigenvalue weighted by Crippen LogP contribution is -2.53. The summed E-state index contributed by atoms with van der Waals surface area (Å²) >= 11 is 0. The number of rotatable bonds is 11. The molecule has 4 aromatic carbocycles. The van der Waals surface area contributed by atoms with Crippen LogP contribution in [-0.2, 0) is 32.6 Å². The number of sulfonamides is 1. The molecule has 7 nitrogen and oxygen atoms in total. The summed E-state index contributed by atoms with van der Waals surface area (Å²) in [6.07, 6.45) is 0.272. The molecule has 0 aromatic heterocycles. The highest BCUT2D eigenvalue weighted by molar-refractivity contribution is 7.92. The number of benzene rings is 4. The van der Waals surface area contributed by atoms with Crippen LogP contribution in [0.1, 0.15) is 22.3 Å². The van der Waals surface area contributed by atoms with Crippen LogP contribution in [0.5, 0.6) is 0 Å². The zero-order chi connectivity index (χ0) is 29.4. The molecule has 2 amide bonds. The second-order valence-electron chi connectivity index (χ2n) is 9.99. The maximum atomic E-state index is 14.2. The number of carbonyl (C=O) groups is 2. The Morgan fingerprint density at radius 3 is 1.78 bits per heavy atom. The third-order valence-electron chi connectivity index (χ3n) is 6.92. The number of nitrogens with one attached hydrogen (secondary N) is 1. The minimum Gasteiger partial charge on any atom is -0.357 e. The second-order valence-corrected chi connectivity index (χ2v) is 11.8. The van der Waals surface area contributed by atoms with Crippen molar-refractivity contribution in [3.05, 3.63) is 131 Å². The molecule has 8 heteroatoms. The Labute approximate surface area is 242 Å². The van der Waals surface area contributed by atoms with Gasteiger partial charge in [-0.05, 0) is 49.2 Å². The fourth-order valence-corrected chi connectivity index (χ4v) is 5.99. The van der Waals surface area contributed by atoms with Gasteiger partial charge in [0, 0.05) is 20.0 Å². The molecule has 0 aliphatic heterocycles. The van der Waals surface area contributed by atoms with Gasteiger partial charge in [0.1, 0.15) is 12.6 Å². The van der Waals surface area contributed by atoms with E-state index in [0.717, 1.165) is 26.6 Å². The zero-order valence-electron chi connectivity index (χ0n) is 23.5. The van der Waals surface area contributed by atoms with Crippen molar-refractivity contribution < 1.29 is 18.0 Å². The maximum Gasteiger partial charge on any atom is 0.264 e. The van der Waals surface area contributed by atoms with Crippen LogP contribution in [0.25, 0.3) is 0 Å². The van der Waals surface area contributed by atoms with Gasteiger partial charge in [0.05, 0.1) is 10.6 Å². The van der Waals surface area contributed by atoms with Gasteiger partial charge < -0.3 is 10.2 Å². The molecule has 212 valence electrons. The molecule has 0 aliphatic carbocycles. The number of nitrogens with zero attached hydrogens (tertiary/aromatic N) is 2. The molecule has 4 aromatic rings. The summed E-state index contributed by atoms with van der Waals surface area (Å²) in [5.74, 6) is -0.823. The zero-order valence-corrected chi connectivity index (χ0v) is 24.3. The lowest BCUT2D eigenvalue weighted by Gasteiger charge is -2.33. The summed E-state index contributed by atoms with van der Waals surface area (Å²) in [4.78, 5) is 29.0. The predicted molar refractivity (Wildman–Crippen MR) is 162 cm³/mol. The van der Waals surface area contributed by atoms with Crippen molar-refractivity contribution in [2.24, 2.45) is 0 Å². The first-order valence-electron chi connectivity index (χ1n) is 13.4. The molecular weight excluding hydrogens is 534 g/mol. The lowest BCUT2D eigenvalue weighted by atomic mass is 10.0. The van der Waals surface area contributed by atoms with Crippen molar-refractivity contribution in [1.82, 2.24) is 10.2 Å². The van der Waals surface area contributed by atoms with Crippen LogP contribution in [0.15, 0.2) is 114 Å². The van der Waals surface area contributed by atoms with E-state index in [4.69, 9.17) is 0 Å². The fraction of sp³-hybridized carbons (Fsp3) is 0.212. The van der Waals surface area contributed by atoms with E-state index < -0.39 is 28.5 Å². The highest BCUT2D eigenvalue weighted by Gasteiger charge is 2.34. The molecule has 0 fully saturated rings. The molecule has 0 heterocycles. The first-order chi connectivity index (χ1) is 19.7. The van der Waals surface area contributed by atoms with Crippen LogP contribution in [0.2, 0.25) is 0 Å². The van der Waals surface area contributed by atoms with E-state index in [9.17, 15) is 18.0 Å². The van der Waals surface area contributed by atoms with Gasteiger partial charge in [-0.1, -0.05) is 96.1 Å². The average Bonchev–Trinajstić information content (AvgIpc) is 2.99. The summed E-state index contributed by atoms with van der Waals surface area (Å²) in [5.41, 5.74) is 3.95. The molecule has 1 N–H and O–H groups in total. The molecule has 4 rings (SSSR count). The molecule has 0 saturated heterocycles. The largest absolute Gasteiger partial charge is 0.357 e. The molecule has 0 unspecified atom stereocenters. The Morgan fingerprint density at radius 1 is 0.732 bits per heavy atom. The van der Waals surface area contributed by atoms with Crippen molar-refractivity contribution in [3.8, 4) is 0 Å². The Morgan fingerprint density at radius 2 is 1.24 bits per heavy atom. The lowest BCUT2D eigenvalue weighted by molar-refractivity contribution is -0.139. The highest BCUT2D eigenvalue weighted by atomic mass is 32.2. The van der Waals surface area contributed by atoms with Crippen molar-refractivity contribution in [2.45, 2.75) is 37.8 Å². The van der Waals surface area contributed by atoms with E-state index in [2.05, 4.69) is 5.32 Å². The van der Waals surface area contributed by atoms with E-state index in [1.807, 2.05) is 86.6 Å². The van der Waals surface area contributed by atoms with Gasteiger partial charge >= 0.3 is 0 Å². The standard InChI is InChI=1S/C33H35N3O4S/c1-25-14-18-29(19-15-25)36(41(39,40)30-20-16-26(2)17-21-30)24-32(37)35(23-28-12-8-5-9-13-28)31(33(38)34-3)22-27-10-6-4-7-11-27/h4-21,31H,22-24H2,1-3H3,(H,34,38)/t31-/m1/s1. The van der Waals surface area contributed by atoms with Crippen LogP contribution < -0.4 is 9.62 Å². The van der Waals surface area contributed by atoms with Crippen LogP contribution in [0, 0.1) is 13.8 Å². The minimum absolute atomic E-state index is 0.0817. The van der Waals surface area contributed by atoms with Crippen molar-refractivity contribution >= 4 is 27.5 Å². The topological polar surface area (TPSA) is 86.8 Å². The number of hydrogen-bond donors (Lipinski definition) is 1. The monoisotopic (exact) mass is 569 g/mol.